The minimum absolute atomic E-state index is 0.633. The summed E-state index contributed by atoms with van der Waals surface area (Å²) in [6.45, 7) is 0. The summed E-state index contributed by atoms with van der Waals surface area (Å²) in [5, 5.41) is 2.13. The van der Waals surface area contributed by atoms with E-state index in [9.17, 15) is 0 Å². The number of fused-ring (bicyclic) bond motifs is 5. The van der Waals surface area contributed by atoms with Crippen molar-refractivity contribution in [1.29, 1.82) is 0 Å². The molecule has 1 aliphatic heterocycles. The summed E-state index contributed by atoms with van der Waals surface area (Å²) in [7, 11) is 0. The number of aromatic nitrogens is 3. The number of pyridine rings is 1. The predicted octanol–water partition coefficient (Wildman–Crippen LogP) is 12.0. The Labute approximate surface area is 293 Å². The minimum Gasteiger partial charge on any atom is -0.455 e. The Morgan fingerprint density at radius 2 is 1.14 bits per heavy atom. The zero-order chi connectivity index (χ0) is 33.7. The summed E-state index contributed by atoms with van der Waals surface area (Å²) >= 11 is 0. The van der Waals surface area contributed by atoms with E-state index in [1.165, 1.54) is 0 Å². The molecule has 240 valence electrons. The van der Waals surface area contributed by atoms with Crippen LogP contribution >= 0.6 is 0 Å². The highest BCUT2D eigenvalue weighted by molar-refractivity contribution is 6.09. The number of benzene rings is 6. The smallest absolute Gasteiger partial charge is 0.160 e. The summed E-state index contributed by atoms with van der Waals surface area (Å²) in [5.74, 6) is 2.22. The maximum absolute atomic E-state index is 6.49. The lowest BCUT2D eigenvalue weighted by Gasteiger charge is -2.33. The first-order valence-corrected chi connectivity index (χ1v) is 16.8. The molecule has 0 saturated heterocycles. The second-order valence-electron chi connectivity index (χ2n) is 12.5. The molecular weight excluding hydrogens is 629 g/mol. The van der Waals surface area contributed by atoms with E-state index in [-0.39, 0.29) is 0 Å². The molecule has 10 rings (SSSR count). The topological polar surface area (TPSA) is 64.3 Å². The molecule has 4 heterocycles. The Hall–Kier alpha value is -7.05. The summed E-state index contributed by atoms with van der Waals surface area (Å²) in [6.07, 6.45) is 3.65. The molecule has 6 heteroatoms. The molecule has 9 aromatic rings. The van der Waals surface area contributed by atoms with Crippen molar-refractivity contribution in [2.24, 2.45) is 0 Å². The van der Waals surface area contributed by atoms with Crippen LogP contribution in [-0.2, 0) is 0 Å². The van der Waals surface area contributed by atoms with Gasteiger partial charge in [0.1, 0.15) is 11.2 Å². The molecule has 0 fully saturated rings. The number of furan rings is 1. The molecule has 0 atom stereocenters. The van der Waals surface area contributed by atoms with Gasteiger partial charge in [-0.25, -0.2) is 9.97 Å². The molecule has 0 spiro atoms. The first kappa shape index (κ1) is 28.9. The summed E-state index contributed by atoms with van der Waals surface area (Å²) in [4.78, 5) is 17.0. The molecule has 0 saturated carbocycles. The molecule has 1 aliphatic rings. The Morgan fingerprint density at radius 1 is 0.471 bits per heavy atom. The van der Waals surface area contributed by atoms with E-state index < -0.39 is 0 Å². The van der Waals surface area contributed by atoms with E-state index in [4.69, 9.17) is 19.1 Å². The maximum Gasteiger partial charge on any atom is 0.160 e. The Balaban J connectivity index is 1.23. The van der Waals surface area contributed by atoms with Crippen molar-refractivity contribution in [3.63, 3.8) is 0 Å². The molecule has 0 aliphatic carbocycles. The van der Waals surface area contributed by atoms with Gasteiger partial charge in [-0.05, 0) is 83.9 Å². The molecule has 6 nitrogen and oxygen atoms in total. The zero-order valence-electron chi connectivity index (χ0n) is 27.3. The Bertz CT molecular complexity index is 2700. The van der Waals surface area contributed by atoms with Crippen molar-refractivity contribution in [3.8, 4) is 56.5 Å². The Kier molecular flexibility index (Phi) is 6.70. The van der Waals surface area contributed by atoms with Gasteiger partial charge in [0.2, 0.25) is 0 Å². The van der Waals surface area contributed by atoms with Crippen LogP contribution in [0, 0.1) is 0 Å². The fraction of sp³-hybridized carbons (Fsp3) is 0. The first-order chi connectivity index (χ1) is 25.3. The van der Waals surface area contributed by atoms with Gasteiger partial charge in [-0.1, -0.05) is 84.9 Å². The van der Waals surface area contributed by atoms with Crippen molar-refractivity contribution < 1.29 is 9.15 Å². The molecule has 0 unspecified atom stereocenters. The SMILES string of the molecule is c1ccc(-c2nc(-c3cc(-c4ccncc4)cc(N4c5ccccc5Oc5ccccc54)c3)cc(-c3cccc4c3oc3ccccc34)n2)cc1. The third-order valence-electron chi connectivity index (χ3n) is 9.36. The van der Waals surface area contributed by atoms with Crippen LogP contribution in [0.3, 0.4) is 0 Å². The van der Waals surface area contributed by atoms with E-state index >= 15 is 0 Å². The average Bonchev–Trinajstić information content (AvgIpc) is 3.59. The van der Waals surface area contributed by atoms with Crippen molar-refractivity contribution in [1.82, 2.24) is 15.0 Å². The van der Waals surface area contributed by atoms with Gasteiger partial charge in [-0.3, -0.25) is 4.98 Å². The van der Waals surface area contributed by atoms with E-state index in [2.05, 4.69) is 70.5 Å². The van der Waals surface area contributed by atoms with Crippen molar-refractivity contribution in [2.45, 2.75) is 0 Å². The number of hydrogen-bond acceptors (Lipinski definition) is 6. The molecule has 0 amide bonds. The van der Waals surface area contributed by atoms with E-state index in [0.29, 0.717) is 5.82 Å². The standard InChI is InChI=1S/C45H28N4O2/c1-2-11-30(12-3-1)45-47-37(28-38(48-45)36-15-10-14-35-34-13-4-7-18-41(34)51-44(35)36)32-25-31(29-21-23-46-24-22-29)26-33(27-32)49-39-16-5-8-19-42(39)50-43-20-9-6-17-40(43)49/h1-28H. The summed E-state index contributed by atoms with van der Waals surface area (Å²) in [6, 6.07) is 53.6. The first-order valence-electron chi connectivity index (χ1n) is 16.8. The number of ether oxygens (including phenoxy) is 1. The quantitative estimate of drug-likeness (QED) is 0.184. The van der Waals surface area contributed by atoms with Gasteiger partial charge >= 0.3 is 0 Å². The van der Waals surface area contributed by atoms with Crippen molar-refractivity contribution in [2.75, 3.05) is 4.90 Å². The lowest BCUT2D eigenvalue weighted by molar-refractivity contribution is 0.477. The molecule has 0 radical (unpaired) electrons. The number of anilines is 3. The van der Waals surface area contributed by atoms with Crippen molar-refractivity contribution in [3.05, 3.63) is 170 Å². The monoisotopic (exact) mass is 656 g/mol. The van der Waals surface area contributed by atoms with Crippen LogP contribution in [-0.4, -0.2) is 15.0 Å². The molecule has 51 heavy (non-hydrogen) atoms. The number of nitrogens with zero attached hydrogens (tertiary/aromatic N) is 4. The molecule has 0 bridgehead atoms. The maximum atomic E-state index is 6.49. The average molecular weight is 657 g/mol. The number of para-hydroxylation sites is 6. The van der Waals surface area contributed by atoms with Gasteiger partial charge in [0.15, 0.2) is 17.3 Å². The van der Waals surface area contributed by atoms with Gasteiger partial charge < -0.3 is 14.1 Å². The van der Waals surface area contributed by atoms with Crippen LogP contribution in [0.2, 0.25) is 0 Å². The van der Waals surface area contributed by atoms with Gasteiger partial charge in [0.05, 0.1) is 22.8 Å². The van der Waals surface area contributed by atoms with Gasteiger partial charge in [-0.2, -0.15) is 0 Å². The van der Waals surface area contributed by atoms with Crippen LogP contribution in [0.5, 0.6) is 11.5 Å². The normalized spacial score (nSPS) is 12.0. The second kappa shape index (κ2) is 11.8. The van der Waals surface area contributed by atoms with Gasteiger partial charge in [0.25, 0.3) is 0 Å². The minimum atomic E-state index is 0.633. The Morgan fingerprint density at radius 3 is 1.94 bits per heavy atom. The lowest BCUT2D eigenvalue weighted by Crippen LogP contribution is -2.15. The van der Waals surface area contributed by atoms with E-state index in [1.807, 2.05) is 109 Å². The third kappa shape index (κ3) is 5.01. The predicted molar refractivity (Wildman–Crippen MR) is 204 cm³/mol. The van der Waals surface area contributed by atoms with Gasteiger partial charge in [0, 0.05) is 45.5 Å². The van der Waals surface area contributed by atoms with Gasteiger partial charge in [-0.15, -0.1) is 0 Å². The highest BCUT2D eigenvalue weighted by Crippen LogP contribution is 2.51. The fourth-order valence-electron chi connectivity index (χ4n) is 6.98. The molecular formula is C45H28N4O2. The van der Waals surface area contributed by atoms with Crippen molar-refractivity contribution >= 4 is 39.0 Å². The highest BCUT2D eigenvalue weighted by Gasteiger charge is 2.26. The van der Waals surface area contributed by atoms with Crippen LogP contribution < -0.4 is 9.64 Å². The van der Waals surface area contributed by atoms with E-state index in [1.54, 1.807) is 0 Å². The molecule has 3 aromatic heterocycles. The van der Waals surface area contributed by atoms with Crippen LogP contribution in [0.25, 0.3) is 67.0 Å². The highest BCUT2D eigenvalue weighted by atomic mass is 16.5. The summed E-state index contributed by atoms with van der Waals surface area (Å²) < 4.78 is 12.9. The zero-order valence-corrected chi connectivity index (χ0v) is 27.3. The van der Waals surface area contributed by atoms with Crippen LogP contribution in [0.1, 0.15) is 0 Å². The van der Waals surface area contributed by atoms with E-state index in [0.717, 1.165) is 89.7 Å². The lowest BCUT2D eigenvalue weighted by atomic mass is 9.98. The summed E-state index contributed by atoms with van der Waals surface area (Å²) in [5.41, 5.74) is 11.0. The fourth-order valence-corrected chi connectivity index (χ4v) is 6.98. The third-order valence-corrected chi connectivity index (χ3v) is 9.36. The van der Waals surface area contributed by atoms with Crippen LogP contribution in [0.15, 0.2) is 175 Å². The molecule has 6 aromatic carbocycles. The number of rotatable bonds is 5. The number of hydrogen-bond donors (Lipinski definition) is 0. The largest absolute Gasteiger partial charge is 0.455 e. The molecule has 0 N–H and O–H groups in total. The second-order valence-corrected chi connectivity index (χ2v) is 12.5. The van der Waals surface area contributed by atoms with Crippen LogP contribution in [0.4, 0.5) is 17.1 Å².